The molecule has 2 aromatic rings. The summed E-state index contributed by atoms with van der Waals surface area (Å²) in [5.74, 6) is 0. The second kappa shape index (κ2) is 6.22. The lowest BCUT2D eigenvalue weighted by atomic mass is 10.1. The van der Waals surface area contributed by atoms with Crippen molar-refractivity contribution in [2.45, 2.75) is 26.3 Å². The molecule has 2 aromatic carbocycles. The standard InChI is InChI=1S/C16H19F4NSi2/c1-16(2,3)21(22(17,18)14-10-6-4-7-11-14)23(19,20)15-12-8-5-9-13-15/h4-13H,1-3H3. The first-order chi connectivity index (χ1) is 10.6. The number of benzene rings is 2. The van der Waals surface area contributed by atoms with Crippen LogP contribution in [0.2, 0.25) is 0 Å². The Kier molecular flexibility index (Phi) is 4.84. The Morgan fingerprint density at radius 1 is 0.652 bits per heavy atom. The van der Waals surface area contributed by atoms with E-state index in [1.54, 1.807) is 12.1 Å². The van der Waals surface area contributed by atoms with Gasteiger partial charge >= 0.3 is 17.8 Å². The van der Waals surface area contributed by atoms with E-state index >= 15 is 16.4 Å². The molecular formula is C16H19F4NSi2. The molecule has 0 aliphatic carbocycles. The normalized spacial score (nSPS) is 13.4. The highest BCUT2D eigenvalue weighted by molar-refractivity contribution is 6.92. The van der Waals surface area contributed by atoms with Crippen molar-refractivity contribution in [3.63, 3.8) is 0 Å². The van der Waals surface area contributed by atoms with Crippen LogP contribution in [0.3, 0.4) is 0 Å². The molecule has 23 heavy (non-hydrogen) atoms. The van der Waals surface area contributed by atoms with E-state index in [0.717, 1.165) is 0 Å². The van der Waals surface area contributed by atoms with Gasteiger partial charge in [0.25, 0.3) is 0 Å². The lowest BCUT2D eigenvalue weighted by molar-refractivity contribution is 0.260. The average Bonchev–Trinajstić information content (AvgIpc) is 2.47. The van der Waals surface area contributed by atoms with Gasteiger partial charge in [-0.25, -0.2) is 20.7 Å². The van der Waals surface area contributed by atoms with Gasteiger partial charge in [0.2, 0.25) is 0 Å². The van der Waals surface area contributed by atoms with E-state index in [1.807, 2.05) is 0 Å². The predicted octanol–water partition coefficient (Wildman–Crippen LogP) is 3.66. The molecule has 0 fully saturated rings. The molecule has 0 aliphatic rings. The van der Waals surface area contributed by atoms with Crippen molar-refractivity contribution in [1.82, 2.24) is 4.23 Å². The maximum Gasteiger partial charge on any atom is 0.538 e. The summed E-state index contributed by atoms with van der Waals surface area (Å²) in [4.78, 5) is 0. The van der Waals surface area contributed by atoms with Gasteiger partial charge < -0.3 is 0 Å². The first kappa shape index (κ1) is 17.9. The second-order valence-electron chi connectivity index (χ2n) is 6.32. The Morgan fingerprint density at radius 2 is 0.957 bits per heavy atom. The zero-order valence-electron chi connectivity index (χ0n) is 13.2. The molecule has 124 valence electrons. The molecule has 0 radical (unpaired) electrons. The zero-order chi connectivity index (χ0) is 17.3. The van der Waals surface area contributed by atoms with Gasteiger partial charge in [-0.15, -0.1) is 0 Å². The largest absolute Gasteiger partial charge is 0.538 e. The molecule has 2 rings (SSSR count). The molecule has 0 unspecified atom stereocenters. The molecule has 0 saturated carbocycles. The molecule has 1 nitrogen and oxygen atoms in total. The van der Waals surface area contributed by atoms with Gasteiger partial charge in [-0.3, -0.25) is 0 Å². The summed E-state index contributed by atoms with van der Waals surface area (Å²) in [6.45, 7) is 4.25. The number of hydrogen-bond donors (Lipinski definition) is 0. The molecule has 7 heteroatoms. The number of hydrogen-bond acceptors (Lipinski definition) is 1. The van der Waals surface area contributed by atoms with E-state index in [1.165, 1.54) is 69.3 Å². The fourth-order valence-corrected chi connectivity index (χ4v) is 8.13. The van der Waals surface area contributed by atoms with Crippen LogP contribution in [0.4, 0.5) is 16.4 Å². The summed E-state index contributed by atoms with van der Waals surface area (Å²) >= 11 is 0. The number of halogens is 4. The first-order valence-electron chi connectivity index (χ1n) is 7.25. The van der Waals surface area contributed by atoms with Crippen molar-refractivity contribution < 1.29 is 16.4 Å². The van der Waals surface area contributed by atoms with Crippen molar-refractivity contribution in [3.8, 4) is 0 Å². The highest BCUT2D eigenvalue weighted by Gasteiger charge is 2.64. The maximum absolute atomic E-state index is 15.1. The van der Waals surface area contributed by atoms with Crippen LogP contribution in [0.1, 0.15) is 20.8 Å². The average molecular weight is 357 g/mol. The summed E-state index contributed by atoms with van der Waals surface area (Å²) in [6, 6.07) is 14.0. The van der Waals surface area contributed by atoms with Gasteiger partial charge in [-0.2, -0.15) is 0 Å². The van der Waals surface area contributed by atoms with Crippen LogP contribution in [0.25, 0.3) is 0 Å². The minimum Gasteiger partial charge on any atom is -0.248 e. The highest BCUT2D eigenvalue weighted by Crippen LogP contribution is 2.32. The molecule has 0 atom stereocenters. The Labute approximate surface area is 136 Å². The van der Waals surface area contributed by atoms with Crippen LogP contribution in [-0.4, -0.2) is 27.6 Å². The van der Waals surface area contributed by atoms with Crippen LogP contribution in [0, 0.1) is 0 Å². The smallest absolute Gasteiger partial charge is 0.248 e. The molecule has 0 spiro atoms. The fourth-order valence-electron chi connectivity index (χ4n) is 2.55. The third-order valence-electron chi connectivity index (χ3n) is 3.47. The summed E-state index contributed by atoms with van der Waals surface area (Å²) in [7, 11) is -11.0. The van der Waals surface area contributed by atoms with E-state index in [-0.39, 0.29) is 14.6 Å². The minimum absolute atomic E-state index is 0.248. The SMILES string of the molecule is CC(C)(C)N([Si](F)(F)c1ccccc1)[Si](F)(F)c1ccccc1. The van der Waals surface area contributed by atoms with Crippen molar-refractivity contribution in [1.29, 1.82) is 0 Å². The molecule has 0 aliphatic heterocycles. The molecule has 0 aromatic heterocycles. The molecule has 0 N–H and O–H groups in total. The lowest BCUT2D eigenvalue weighted by Crippen LogP contribution is -2.74. The van der Waals surface area contributed by atoms with Crippen molar-refractivity contribution in [2.75, 3.05) is 0 Å². The van der Waals surface area contributed by atoms with Crippen LogP contribution < -0.4 is 10.4 Å². The number of nitrogens with zero attached hydrogens (tertiary/aromatic N) is 1. The van der Waals surface area contributed by atoms with Crippen molar-refractivity contribution in [3.05, 3.63) is 60.7 Å². The topological polar surface area (TPSA) is 3.24 Å². The Balaban J connectivity index is 2.59. The zero-order valence-corrected chi connectivity index (χ0v) is 15.2. The van der Waals surface area contributed by atoms with Gasteiger partial charge in [-0.1, -0.05) is 60.7 Å². The summed E-state index contributed by atoms with van der Waals surface area (Å²) in [5.41, 5.74) is -1.35. The van der Waals surface area contributed by atoms with E-state index in [0.29, 0.717) is 0 Å². The van der Waals surface area contributed by atoms with Crippen LogP contribution in [0.15, 0.2) is 60.7 Å². The minimum atomic E-state index is -5.52. The van der Waals surface area contributed by atoms with E-state index in [4.69, 9.17) is 0 Å². The summed E-state index contributed by atoms with van der Waals surface area (Å²) < 4.78 is 60.7. The van der Waals surface area contributed by atoms with E-state index in [9.17, 15) is 0 Å². The van der Waals surface area contributed by atoms with E-state index in [2.05, 4.69) is 0 Å². The third kappa shape index (κ3) is 3.56. The van der Waals surface area contributed by atoms with Gasteiger partial charge in [0.1, 0.15) is 0 Å². The monoisotopic (exact) mass is 357 g/mol. The highest BCUT2D eigenvalue weighted by atomic mass is 28.5. The quantitative estimate of drug-likeness (QED) is 0.459. The van der Waals surface area contributed by atoms with Gasteiger partial charge in [-0.05, 0) is 20.8 Å². The number of rotatable bonds is 4. The lowest BCUT2D eigenvalue weighted by Gasteiger charge is -2.43. The molecule has 0 heterocycles. The Morgan fingerprint density at radius 3 is 1.22 bits per heavy atom. The third-order valence-corrected chi connectivity index (χ3v) is 9.68. The summed E-state index contributed by atoms with van der Waals surface area (Å²) in [5, 5.41) is -0.587. The summed E-state index contributed by atoms with van der Waals surface area (Å²) in [6.07, 6.45) is 0. The van der Waals surface area contributed by atoms with Crippen LogP contribution in [0.5, 0.6) is 0 Å². The van der Waals surface area contributed by atoms with Crippen LogP contribution >= 0.6 is 0 Å². The molecular weight excluding hydrogens is 338 g/mol. The predicted molar refractivity (Wildman–Crippen MR) is 89.7 cm³/mol. The van der Waals surface area contributed by atoms with Crippen LogP contribution in [-0.2, 0) is 0 Å². The van der Waals surface area contributed by atoms with E-state index < -0.39 is 23.3 Å². The fraction of sp³-hybridized carbons (Fsp3) is 0.250. The van der Waals surface area contributed by atoms with Crippen molar-refractivity contribution in [2.24, 2.45) is 0 Å². The van der Waals surface area contributed by atoms with Gasteiger partial charge in [0.05, 0.1) is 0 Å². The molecule has 0 saturated heterocycles. The Bertz CT molecular complexity index is 591. The first-order valence-corrected chi connectivity index (χ1v) is 10.7. The Hall–Kier alpha value is -1.45. The van der Waals surface area contributed by atoms with Gasteiger partial charge in [0, 0.05) is 15.9 Å². The van der Waals surface area contributed by atoms with Crippen molar-refractivity contribution >= 4 is 28.2 Å². The van der Waals surface area contributed by atoms with Gasteiger partial charge in [0.15, 0.2) is 0 Å². The second-order valence-corrected chi connectivity index (χ2v) is 11.0. The molecule has 0 amide bonds. The molecule has 0 bridgehead atoms. The maximum atomic E-state index is 15.1.